The lowest BCUT2D eigenvalue weighted by molar-refractivity contribution is 0.160. The highest BCUT2D eigenvalue weighted by Crippen LogP contribution is 2.22. The molecule has 1 aromatic carbocycles. The van der Waals surface area contributed by atoms with Gasteiger partial charge in [-0.3, -0.25) is 0 Å². The molecule has 4 nitrogen and oxygen atoms in total. The molecule has 118 valence electrons. The minimum atomic E-state index is 0.0376. The third kappa shape index (κ3) is 4.32. The number of anilines is 1. The number of nitrogens with one attached hydrogen (secondary N) is 1. The molecule has 0 saturated carbocycles. The zero-order valence-corrected chi connectivity index (χ0v) is 14.0. The number of hydrogen-bond acceptors (Lipinski definition) is 3. The van der Waals surface area contributed by atoms with E-state index in [1.54, 1.807) is 13.4 Å². The minimum Gasteiger partial charge on any atom is -0.467 e. The summed E-state index contributed by atoms with van der Waals surface area (Å²) in [6.07, 6.45) is 1.68. The number of methoxy groups -OCH3 is 1. The van der Waals surface area contributed by atoms with Crippen LogP contribution in [0, 0.1) is 6.92 Å². The summed E-state index contributed by atoms with van der Waals surface area (Å²) < 4.78 is 10.7. The molecule has 22 heavy (non-hydrogen) atoms. The van der Waals surface area contributed by atoms with Gasteiger partial charge >= 0.3 is 0 Å². The maximum atomic E-state index is 5.57. The minimum absolute atomic E-state index is 0.0376. The predicted octanol–water partition coefficient (Wildman–Crippen LogP) is 3.99. The first kappa shape index (κ1) is 16.5. The Morgan fingerprint density at radius 1 is 1.32 bits per heavy atom. The van der Waals surface area contributed by atoms with E-state index < -0.39 is 0 Å². The van der Waals surface area contributed by atoms with E-state index >= 15 is 0 Å². The largest absolute Gasteiger partial charge is 0.467 e. The van der Waals surface area contributed by atoms with Crippen molar-refractivity contribution in [2.24, 2.45) is 0 Å². The molecule has 0 bridgehead atoms. The number of hydrogen-bond donors (Lipinski definition) is 1. The second kappa shape index (κ2) is 7.96. The molecule has 0 saturated heterocycles. The standard InChI is InChI=1S/C17H22N2O2S/c1-13-6-8-15(9-7-13)18-17(22)19(10-12-20-3)14(2)16-5-4-11-21-16/h4-9,11,14H,10,12H2,1-3H3,(H,18,22)/t14-/m0/s1. The Labute approximate surface area is 137 Å². The molecule has 1 aromatic heterocycles. The normalized spacial score (nSPS) is 12.0. The number of aryl methyl sites for hydroxylation is 1. The van der Waals surface area contributed by atoms with Gasteiger partial charge < -0.3 is 19.4 Å². The van der Waals surface area contributed by atoms with Gasteiger partial charge in [-0.1, -0.05) is 17.7 Å². The molecule has 1 N–H and O–H groups in total. The molecule has 0 spiro atoms. The van der Waals surface area contributed by atoms with Crippen LogP contribution in [0.3, 0.4) is 0 Å². The molecule has 0 radical (unpaired) electrons. The second-order valence-corrected chi connectivity index (χ2v) is 5.56. The molecule has 0 aliphatic rings. The fourth-order valence-electron chi connectivity index (χ4n) is 2.18. The summed E-state index contributed by atoms with van der Waals surface area (Å²) >= 11 is 5.57. The van der Waals surface area contributed by atoms with Gasteiger partial charge in [-0.05, 0) is 50.3 Å². The zero-order chi connectivity index (χ0) is 15.9. The lowest BCUT2D eigenvalue weighted by Gasteiger charge is -2.30. The molecular weight excluding hydrogens is 296 g/mol. The molecule has 5 heteroatoms. The highest BCUT2D eigenvalue weighted by molar-refractivity contribution is 7.80. The number of rotatable bonds is 6. The molecule has 0 aliphatic carbocycles. The Bertz CT molecular complexity index is 581. The van der Waals surface area contributed by atoms with Crippen molar-refractivity contribution >= 4 is 23.0 Å². The van der Waals surface area contributed by atoms with E-state index in [-0.39, 0.29) is 6.04 Å². The lowest BCUT2D eigenvalue weighted by atomic mass is 10.2. The monoisotopic (exact) mass is 318 g/mol. The van der Waals surface area contributed by atoms with Crippen LogP contribution in [-0.4, -0.2) is 30.3 Å². The molecule has 0 unspecified atom stereocenters. The van der Waals surface area contributed by atoms with Crippen molar-refractivity contribution < 1.29 is 9.15 Å². The fourth-order valence-corrected chi connectivity index (χ4v) is 2.54. The van der Waals surface area contributed by atoms with Crippen molar-refractivity contribution in [3.8, 4) is 0 Å². The molecule has 1 atom stereocenters. The van der Waals surface area contributed by atoms with Gasteiger partial charge in [0, 0.05) is 19.3 Å². The van der Waals surface area contributed by atoms with E-state index in [0.29, 0.717) is 18.3 Å². The second-order valence-electron chi connectivity index (χ2n) is 5.17. The first-order valence-corrected chi connectivity index (χ1v) is 7.69. The van der Waals surface area contributed by atoms with Gasteiger partial charge in [-0.2, -0.15) is 0 Å². The van der Waals surface area contributed by atoms with Crippen LogP contribution in [0.5, 0.6) is 0 Å². The van der Waals surface area contributed by atoms with Gasteiger partial charge in [0.25, 0.3) is 0 Å². The Balaban J connectivity index is 2.10. The van der Waals surface area contributed by atoms with Gasteiger partial charge in [0.2, 0.25) is 0 Å². The smallest absolute Gasteiger partial charge is 0.174 e. The van der Waals surface area contributed by atoms with Crippen LogP contribution in [-0.2, 0) is 4.74 Å². The molecule has 1 heterocycles. The number of furan rings is 1. The number of ether oxygens (including phenoxy) is 1. The summed E-state index contributed by atoms with van der Waals surface area (Å²) in [6.45, 7) is 5.42. The average Bonchev–Trinajstić information content (AvgIpc) is 3.04. The average molecular weight is 318 g/mol. The van der Waals surface area contributed by atoms with E-state index in [1.807, 2.05) is 24.3 Å². The topological polar surface area (TPSA) is 37.6 Å². The van der Waals surface area contributed by atoms with Gasteiger partial charge in [0.15, 0.2) is 5.11 Å². The van der Waals surface area contributed by atoms with Crippen molar-refractivity contribution in [3.05, 3.63) is 54.0 Å². The van der Waals surface area contributed by atoms with E-state index in [9.17, 15) is 0 Å². The van der Waals surface area contributed by atoms with Gasteiger partial charge in [-0.25, -0.2) is 0 Å². The summed E-state index contributed by atoms with van der Waals surface area (Å²) in [4.78, 5) is 2.07. The molecule has 2 rings (SSSR count). The van der Waals surface area contributed by atoms with Crippen molar-refractivity contribution in [3.63, 3.8) is 0 Å². The lowest BCUT2D eigenvalue weighted by Crippen LogP contribution is -2.38. The maximum Gasteiger partial charge on any atom is 0.174 e. The Morgan fingerprint density at radius 2 is 2.05 bits per heavy atom. The summed E-state index contributed by atoms with van der Waals surface area (Å²) in [5.74, 6) is 0.879. The number of benzene rings is 1. The summed E-state index contributed by atoms with van der Waals surface area (Å²) in [6, 6.07) is 12.0. The summed E-state index contributed by atoms with van der Waals surface area (Å²) in [7, 11) is 1.69. The summed E-state index contributed by atoms with van der Waals surface area (Å²) in [5, 5.41) is 3.94. The van der Waals surface area contributed by atoms with Gasteiger partial charge in [0.1, 0.15) is 5.76 Å². The number of thiocarbonyl (C=S) groups is 1. The zero-order valence-electron chi connectivity index (χ0n) is 13.2. The van der Waals surface area contributed by atoms with E-state index in [1.165, 1.54) is 5.56 Å². The third-order valence-corrected chi connectivity index (χ3v) is 3.86. The van der Waals surface area contributed by atoms with E-state index in [2.05, 4.69) is 36.2 Å². The molecule has 0 fully saturated rings. The van der Waals surface area contributed by atoms with E-state index in [0.717, 1.165) is 11.4 Å². The van der Waals surface area contributed by atoms with Crippen LogP contribution in [0.25, 0.3) is 0 Å². The van der Waals surface area contributed by atoms with Crippen LogP contribution in [0.2, 0.25) is 0 Å². The Hall–Kier alpha value is -1.85. The fraction of sp³-hybridized carbons (Fsp3) is 0.353. The highest BCUT2D eigenvalue weighted by atomic mass is 32.1. The number of nitrogens with zero attached hydrogens (tertiary/aromatic N) is 1. The molecule has 0 aliphatic heterocycles. The van der Waals surface area contributed by atoms with Crippen molar-refractivity contribution in [1.29, 1.82) is 0 Å². The van der Waals surface area contributed by atoms with Gasteiger partial charge in [-0.15, -0.1) is 0 Å². The highest BCUT2D eigenvalue weighted by Gasteiger charge is 2.20. The van der Waals surface area contributed by atoms with E-state index in [4.69, 9.17) is 21.4 Å². The van der Waals surface area contributed by atoms with Crippen molar-refractivity contribution in [2.75, 3.05) is 25.6 Å². The van der Waals surface area contributed by atoms with Crippen LogP contribution in [0.4, 0.5) is 5.69 Å². The first-order valence-electron chi connectivity index (χ1n) is 7.28. The molecular formula is C17H22N2O2S. The third-order valence-electron chi connectivity index (χ3n) is 3.52. The van der Waals surface area contributed by atoms with Crippen LogP contribution in [0.1, 0.15) is 24.3 Å². The Morgan fingerprint density at radius 3 is 2.64 bits per heavy atom. The van der Waals surface area contributed by atoms with Crippen LogP contribution < -0.4 is 5.32 Å². The van der Waals surface area contributed by atoms with Gasteiger partial charge in [0.05, 0.1) is 18.9 Å². The van der Waals surface area contributed by atoms with Crippen molar-refractivity contribution in [1.82, 2.24) is 4.90 Å². The van der Waals surface area contributed by atoms with Crippen LogP contribution >= 0.6 is 12.2 Å². The maximum absolute atomic E-state index is 5.57. The SMILES string of the molecule is COCCN(C(=S)Nc1ccc(C)cc1)[C@@H](C)c1ccco1. The first-order chi connectivity index (χ1) is 10.6. The summed E-state index contributed by atoms with van der Waals surface area (Å²) in [5.41, 5.74) is 2.20. The Kier molecular flexibility index (Phi) is 5.98. The predicted molar refractivity (Wildman–Crippen MR) is 93.1 cm³/mol. The molecule has 0 amide bonds. The molecule has 2 aromatic rings. The quantitative estimate of drug-likeness (QED) is 0.815. The van der Waals surface area contributed by atoms with Crippen LogP contribution in [0.15, 0.2) is 47.1 Å². The van der Waals surface area contributed by atoms with Crippen molar-refractivity contribution in [2.45, 2.75) is 19.9 Å².